The number of carbonyl (C=O) groups is 1. The molecule has 0 N–H and O–H groups in total. The number of carbonyl (C=O) groups excluding carboxylic acids is 1. The van der Waals surface area contributed by atoms with Crippen LogP contribution in [0.5, 0.6) is 0 Å². The maximum Gasteiger partial charge on any atom is 0.410 e. The number of amides is 1. The number of nitrogens with zero attached hydrogens (tertiary/aromatic N) is 1. The maximum atomic E-state index is 11.4. The molecule has 74 valence electrons. The molecule has 1 fully saturated rings. The normalized spacial score (nSPS) is 21.6. The molecule has 1 rings (SSSR count). The van der Waals surface area contributed by atoms with Gasteiger partial charge in [0.1, 0.15) is 6.61 Å². The molecule has 0 bridgehead atoms. The highest BCUT2D eigenvalue weighted by molar-refractivity contribution is 7.80. The first-order valence-corrected chi connectivity index (χ1v) is 5.08. The molecule has 0 aliphatic carbocycles. The van der Waals surface area contributed by atoms with Gasteiger partial charge in [-0.05, 0) is 12.8 Å². The first kappa shape index (κ1) is 10.4. The van der Waals surface area contributed by atoms with E-state index >= 15 is 0 Å². The van der Waals surface area contributed by atoms with Crippen LogP contribution in [0.15, 0.2) is 12.7 Å². The molecule has 0 aromatic heterocycles. The molecule has 13 heavy (non-hydrogen) atoms. The highest BCUT2D eigenvalue weighted by atomic mass is 32.1. The van der Waals surface area contributed by atoms with E-state index in [1.807, 2.05) is 0 Å². The first-order valence-electron chi connectivity index (χ1n) is 4.44. The third kappa shape index (κ3) is 2.66. The van der Waals surface area contributed by atoms with Crippen LogP contribution in [-0.4, -0.2) is 35.9 Å². The third-order valence-corrected chi connectivity index (χ3v) is 2.57. The quantitative estimate of drug-likeness (QED) is 0.556. The molecule has 0 spiro atoms. The van der Waals surface area contributed by atoms with E-state index in [1.165, 1.54) is 0 Å². The standard InChI is InChI=1S/C9H15NO2S/c1-2-6-12-9(11)10-5-3-4-8(10)7-13/h2,8,13H,1,3-7H2/t8-/m0/s1. The minimum absolute atomic E-state index is 0.239. The summed E-state index contributed by atoms with van der Waals surface area (Å²) < 4.78 is 4.94. The van der Waals surface area contributed by atoms with Gasteiger partial charge < -0.3 is 9.64 Å². The van der Waals surface area contributed by atoms with E-state index in [-0.39, 0.29) is 18.7 Å². The maximum absolute atomic E-state index is 11.4. The van der Waals surface area contributed by atoms with Crippen molar-refractivity contribution in [3.8, 4) is 0 Å². The van der Waals surface area contributed by atoms with Crippen LogP contribution in [0.4, 0.5) is 4.79 Å². The molecule has 1 atom stereocenters. The van der Waals surface area contributed by atoms with E-state index in [0.29, 0.717) is 5.75 Å². The summed E-state index contributed by atoms with van der Waals surface area (Å²) in [7, 11) is 0. The van der Waals surface area contributed by atoms with Crippen LogP contribution in [0.25, 0.3) is 0 Å². The van der Waals surface area contributed by atoms with Crippen LogP contribution in [0.2, 0.25) is 0 Å². The summed E-state index contributed by atoms with van der Waals surface area (Å²) >= 11 is 4.19. The van der Waals surface area contributed by atoms with E-state index in [0.717, 1.165) is 19.4 Å². The largest absolute Gasteiger partial charge is 0.445 e. The van der Waals surface area contributed by atoms with Crippen molar-refractivity contribution in [1.82, 2.24) is 4.90 Å². The zero-order chi connectivity index (χ0) is 9.68. The monoisotopic (exact) mass is 201 g/mol. The SMILES string of the molecule is C=CCOC(=O)N1CCC[C@H]1CS. The minimum atomic E-state index is -0.239. The molecule has 1 amide bonds. The van der Waals surface area contributed by atoms with E-state index in [1.54, 1.807) is 11.0 Å². The lowest BCUT2D eigenvalue weighted by atomic mass is 10.2. The zero-order valence-electron chi connectivity index (χ0n) is 7.61. The number of rotatable bonds is 3. The van der Waals surface area contributed by atoms with Crippen molar-refractivity contribution in [2.75, 3.05) is 18.9 Å². The molecule has 3 nitrogen and oxygen atoms in total. The molecule has 1 aliphatic rings. The molecule has 1 heterocycles. The number of ether oxygens (including phenoxy) is 1. The molecular formula is C9H15NO2S. The number of thiol groups is 1. The lowest BCUT2D eigenvalue weighted by Gasteiger charge is -2.21. The van der Waals surface area contributed by atoms with Crippen LogP contribution in [0.3, 0.4) is 0 Å². The molecule has 0 aromatic carbocycles. The second-order valence-corrected chi connectivity index (χ2v) is 3.40. The van der Waals surface area contributed by atoms with Crippen LogP contribution < -0.4 is 0 Å². The van der Waals surface area contributed by atoms with Crippen LogP contribution >= 0.6 is 12.6 Å². The van der Waals surface area contributed by atoms with Gasteiger partial charge in [-0.25, -0.2) is 4.79 Å². The van der Waals surface area contributed by atoms with Gasteiger partial charge in [-0.15, -0.1) is 0 Å². The van der Waals surface area contributed by atoms with Gasteiger partial charge in [0.2, 0.25) is 0 Å². The summed E-state index contributed by atoms with van der Waals surface area (Å²) in [5.41, 5.74) is 0. The fourth-order valence-electron chi connectivity index (χ4n) is 1.48. The van der Waals surface area contributed by atoms with E-state index < -0.39 is 0 Å². The molecule has 0 unspecified atom stereocenters. The van der Waals surface area contributed by atoms with Crippen molar-refractivity contribution in [3.63, 3.8) is 0 Å². The summed E-state index contributed by atoms with van der Waals surface area (Å²) in [6, 6.07) is 0.251. The Hall–Kier alpha value is -0.640. The van der Waals surface area contributed by atoms with Crippen molar-refractivity contribution in [1.29, 1.82) is 0 Å². The second-order valence-electron chi connectivity index (χ2n) is 3.04. The van der Waals surface area contributed by atoms with E-state index in [2.05, 4.69) is 19.2 Å². The zero-order valence-corrected chi connectivity index (χ0v) is 8.50. The Bertz CT molecular complexity index is 196. The number of likely N-dealkylation sites (tertiary alicyclic amines) is 1. The fraction of sp³-hybridized carbons (Fsp3) is 0.667. The second kappa shape index (κ2) is 5.17. The highest BCUT2D eigenvalue weighted by Crippen LogP contribution is 2.18. The van der Waals surface area contributed by atoms with Crippen molar-refractivity contribution in [2.45, 2.75) is 18.9 Å². The summed E-state index contributed by atoms with van der Waals surface area (Å²) in [4.78, 5) is 13.1. The molecule has 0 radical (unpaired) electrons. The minimum Gasteiger partial charge on any atom is -0.445 e. The Morgan fingerprint density at radius 2 is 2.54 bits per heavy atom. The Labute approximate surface area is 84.2 Å². The predicted molar refractivity (Wildman–Crippen MR) is 55.1 cm³/mol. The van der Waals surface area contributed by atoms with Gasteiger partial charge in [0, 0.05) is 18.3 Å². The third-order valence-electron chi connectivity index (χ3n) is 2.15. The fourth-order valence-corrected chi connectivity index (χ4v) is 1.86. The van der Waals surface area contributed by atoms with Crippen LogP contribution in [-0.2, 0) is 4.74 Å². The molecule has 0 aromatic rings. The van der Waals surface area contributed by atoms with Gasteiger partial charge in [-0.1, -0.05) is 12.7 Å². The summed E-state index contributed by atoms with van der Waals surface area (Å²) in [6.07, 6.45) is 3.42. The van der Waals surface area contributed by atoms with Crippen LogP contribution in [0, 0.1) is 0 Å². The Kier molecular flexibility index (Phi) is 4.15. The van der Waals surface area contributed by atoms with Gasteiger partial charge >= 0.3 is 6.09 Å². The average molecular weight is 201 g/mol. The first-order chi connectivity index (χ1) is 6.29. The van der Waals surface area contributed by atoms with Crippen molar-refractivity contribution in [2.24, 2.45) is 0 Å². The molecule has 1 aliphatic heterocycles. The van der Waals surface area contributed by atoms with E-state index in [4.69, 9.17) is 4.74 Å². The van der Waals surface area contributed by atoms with E-state index in [9.17, 15) is 4.79 Å². The average Bonchev–Trinajstić information content (AvgIpc) is 2.61. The Balaban J connectivity index is 2.40. The number of hydrogen-bond donors (Lipinski definition) is 1. The topological polar surface area (TPSA) is 29.5 Å². The molecule has 4 heteroatoms. The predicted octanol–water partition coefficient (Wildman–Crippen LogP) is 1.70. The van der Waals surface area contributed by atoms with Gasteiger partial charge in [0.15, 0.2) is 0 Å². The molecular weight excluding hydrogens is 186 g/mol. The smallest absolute Gasteiger partial charge is 0.410 e. The summed E-state index contributed by atoms with van der Waals surface area (Å²) in [5, 5.41) is 0. The number of hydrogen-bond acceptors (Lipinski definition) is 3. The van der Waals surface area contributed by atoms with Gasteiger partial charge in [0.25, 0.3) is 0 Å². The lowest BCUT2D eigenvalue weighted by Crippen LogP contribution is -2.37. The Morgan fingerprint density at radius 1 is 1.77 bits per heavy atom. The van der Waals surface area contributed by atoms with Crippen LogP contribution in [0.1, 0.15) is 12.8 Å². The van der Waals surface area contributed by atoms with Gasteiger partial charge in [-0.3, -0.25) is 0 Å². The van der Waals surface area contributed by atoms with Gasteiger partial charge in [-0.2, -0.15) is 12.6 Å². The van der Waals surface area contributed by atoms with Gasteiger partial charge in [0.05, 0.1) is 0 Å². The highest BCUT2D eigenvalue weighted by Gasteiger charge is 2.28. The van der Waals surface area contributed by atoms with Crippen molar-refractivity contribution in [3.05, 3.63) is 12.7 Å². The molecule has 0 saturated carbocycles. The van der Waals surface area contributed by atoms with Crippen molar-refractivity contribution < 1.29 is 9.53 Å². The summed E-state index contributed by atoms with van der Waals surface area (Å²) in [6.45, 7) is 4.57. The molecule has 1 saturated heterocycles. The van der Waals surface area contributed by atoms with Crippen molar-refractivity contribution >= 4 is 18.7 Å². The summed E-state index contributed by atoms with van der Waals surface area (Å²) in [5.74, 6) is 0.711. The Morgan fingerprint density at radius 3 is 3.15 bits per heavy atom. The lowest BCUT2D eigenvalue weighted by molar-refractivity contribution is 0.111.